The quantitative estimate of drug-likeness (QED) is 0.707. The van der Waals surface area contributed by atoms with E-state index in [9.17, 15) is 0 Å². The molecule has 1 heterocycles. The maximum absolute atomic E-state index is 5.60. The molecule has 4 nitrogen and oxygen atoms in total. The van der Waals surface area contributed by atoms with Crippen LogP contribution in [0.3, 0.4) is 0 Å². The second-order valence-corrected chi connectivity index (χ2v) is 6.14. The van der Waals surface area contributed by atoms with Crippen molar-refractivity contribution in [2.45, 2.75) is 60.6 Å². The number of nitrogens with one attached hydrogen (secondary N) is 1. The van der Waals surface area contributed by atoms with Crippen molar-refractivity contribution in [2.75, 3.05) is 19.7 Å². The van der Waals surface area contributed by atoms with Crippen LogP contribution in [0, 0.1) is 19.8 Å². The zero-order chi connectivity index (χ0) is 15.1. The van der Waals surface area contributed by atoms with Crippen LogP contribution in [0.4, 0.5) is 0 Å². The van der Waals surface area contributed by atoms with Gasteiger partial charge < -0.3 is 10.1 Å². The summed E-state index contributed by atoms with van der Waals surface area (Å²) in [5.74, 6) is 0.702. The lowest BCUT2D eigenvalue weighted by Gasteiger charge is -2.09. The minimum Gasteiger partial charge on any atom is -0.377 e. The third-order valence-corrected chi connectivity index (χ3v) is 3.39. The summed E-state index contributed by atoms with van der Waals surface area (Å²) in [5, 5.41) is 8.12. The summed E-state index contributed by atoms with van der Waals surface area (Å²) >= 11 is 0. The van der Waals surface area contributed by atoms with Crippen molar-refractivity contribution in [3.8, 4) is 0 Å². The Morgan fingerprint density at radius 3 is 2.50 bits per heavy atom. The molecule has 0 fully saturated rings. The van der Waals surface area contributed by atoms with Gasteiger partial charge in [-0.1, -0.05) is 13.8 Å². The highest BCUT2D eigenvalue weighted by atomic mass is 16.5. The molecule has 0 aliphatic rings. The molecule has 1 aromatic rings. The summed E-state index contributed by atoms with van der Waals surface area (Å²) in [5.41, 5.74) is 3.81. The molecule has 0 bridgehead atoms. The van der Waals surface area contributed by atoms with Crippen molar-refractivity contribution >= 4 is 0 Å². The average molecular weight is 281 g/mol. The van der Waals surface area contributed by atoms with Crippen LogP contribution in [0.15, 0.2) is 0 Å². The predicted octanol–water partition coefficient (Wildman–Crippen LogP) is 2.71. The van der Waals surface area contributed by atoms with Gasteiger partial charge in [0.15, 0.2) is 0 Å². The minimum absolute atomic E-state index is 0.284. The van der Waals surface area contributed by atoms with Crippen LogP contribution in [0.2, 0.25) is 0 Å². The Morgan fingerprint density at radius 1 is 1.20 bits per heavy atom. The zero-order valence-electron chi connectivity index (χ0n) is 14.0. The Kier molecular flexibility index (Phi) is 7.24. The summed E-state index contributed by atoms with van der Waals surface area (Å²) in [6.45, 7) is 16.5. The molecule has 4 heteroatoms. The highest BCUT2D eigenvalue weighted by Crippen LogP contribution is 2.13. The van der Waals surface area contributed by atoms with Gasteiger partial charge in [-0.15, -0.1) is 0 Å². The maximum Gasteiger partial charge on any atom is 0.0666 e. The highest BCUT2D eigenvalue weighted by molar-refractivity contribution is 5.24. The molecular formula is C16H31N3O. The van der Waals surface area contributed by atoms with Gasteiger partial charge in [0.2, 0.25) is 0 Å². The van der Waals surface area contributed by atoms with Crippen LogP contribution in [0.25, 0.3) is 0 Å². The van der Waals surface area contributed by atoms with Crippen LogP contribution in [-0.2, 0) is 17.7 Å². The standard InChI is InChI=1S/C16H31N3O/c1-12(2)11-17-8-7-16-14(5)18-19(15(16)6)9-10-20-13(3)4/h12-13,17H,7-11H2,1-6H3. The molecule has 0 aromatic carbocycles. The van der Waals surface area contributed by atoms with Gasteiger partial charge >= 0.3 is 0 Å². The Hall–Kier alpha value is -0.870. The fourth-order valence-electron chi connectivity index (χ4n) is 2.29. The van der Waals surface area contributed by atoms with Gasteiger partial charge in [-0.2, -0.15) is 5.10 Å². The number of aromatic nitrogens is 2. The van der Waals surface area contributed by atoms with Gasteiger partial charge in [0.05, 0.1) is 24.9 Å². The van der Waals surface area contributed by atoms with Gasteiger partial charge in [0, 0.05) is 5.69 Å². The van der Waals surface area contributed by atoms with E-state index in [0.717, 1.165) is 38.4 Å². The first-order chi connectivity index (χ1) is 9.41. The molecule has 20 heavy (non-hydrogen) atoms. The molecule has 0 saturated heterocycles. The molecule has 0 amide bonds. The molecule has 0 radical (unpaired) electrons. The summed E-state index contributed by atoms with van der Waals surface area (Å²) in [7, 11) is 0. The van der Waals surface area contributed by atoms with Crippen molar-refractivity contribution in [2.24, 2.45) is 5.92 Å². The largest absolute Gasteiger partial charge is 0.377 e. The Labute approximate surface area is 123 Å². The Balaban J connectivity index is 2.49. The first kappa shape index (κ1) is 17.2. The summed E-state index contributed by atoms with van der Waals surface area (Å²) in [4.78, 5) is 0. The van der Waals surface area contributed by atoms with Gasteiger partial charge in [-0.25, -0.2) is 0 Å². The number of ether oxygens (including phenoxy) is 1. The van der Waals surface area contributed by atoms with E-state index in [0.29, 0.717) is 5.92 Å². The van der Waals surface area contributed by atoms with E-state index in [1.807, 2.05) is 0 Å². The molecule has 0 aliphatic carbocycles. The normalized spacial score (nSPS) is 11.8. The second-order valence-electron chi connectivity index (χ2n) is 6.14. The van der Waals surface area contributed by atoms with Crippen LogP contribution in [0.5, 0.6) is 0 Å². The van der Waals surface area contributed by atoms with Crippen molar-refractivity contribution in [3.63, 3.8) is 0 Å². The lowest BCUT2D eigenvalue weighted by Crippen LogP contribution is -2.22. The first-order valence-electron chi connectivity index (χ1n) is 7.77. The predicted molar refractivity (Wildman–Crippen MR) is 84.2 cm³/mol. The zero-order valence-corrected chi connectivity index (χ0v) is 14.0. The molecule has 0 aliphatic heterocycles. The van der Waals surface area contributed by atoms with E-state index >= 15 is 0 Å². The SMILES string of the molecule is Cc1nn(CCOC(C)C)c(C)c1CCNCC(C)C. The van der Waals surface area contributed by atoms with Crippen LogP contribution in [0.1, 0.15) is 44.6 Å². The van der Waals surface area contributed by atoms with E-state index < -0.39 is 0 Å². The molecule has 116 valence electrons. The van der Waals surface area contributed by atoms with Gasteiger partial charge in [0.1, 0.15) is 0 Å². The van der Waals surface area contributed by atoms with Crippen LogP contribution < -0.4 is 5.32 Å². The van der Waals surface area contributed by atoms with Gasteiger partial charge in [-0.05, 0) is 58.7 Å². The molecular weight excluding hydrogens is 250 g/mol. The first-order valence-corrected chi connectivity index (χ1v) is 7.77. The van der Waals surface area contributed by atoms with Crippen molar-refractivity contribution < 1.29 is 4.74 Å². The van der Waals surface area contributed by atoms with Crippen LogP contribution in [-0.4, -0.2) is 35.6 Å². The van der Waals surface area contributed by atoms with Crippen molar-refractivity contribution in [3.05, 3.63) is 17.0 Å². The second kappa shape index (κ2) is 8.42. The fraction of sp³-hybridized carbons (Fsp3) is 0.812. The smallest absolute Gasteiger partial charge is 0.0666 e. The highest BCUT2D eigenvalue weighted by Gasteiger charge is 2.11. The number of hydrogen-bond acceptors (Lipinski definition) is 3. The number of hydrogen-bond donors (Lipinski definition) is 1. The Morgan fingerprint density at radius 2 is 1.90 bits per heavy atom. The molecule has 0 unspecified atom stereocenters. The molecule has 0 atom stereocenters. The van der Waals surface area contributed by atoms with E-state index in [4.69, 9.17) is 4.74 Å². The van der Waals surface area contributed by atoms with Crippen molar-refractivity contribution in [1.82, 2.24) is 15.1 Å². The van der Waals surface area contributed by atoms with Crippen molar-refractivity contribution in [1.29, 1.82) is 0 Å². The van der Waals surface area contributed by atoms with E-state index in [2.05, 4.69) is 56.6 Å². The topological polar surface area (TPSA) is 39.1 Å². The lowest BCUT2D eigenvalue weighted by molar-refractivity contribution is 0.0706. The maximum atomic E-state index is 5.60. The average Bonchev–Trinajstić information content (AvgIpc) is 2.60. The number of rotatable bonds is 9. The van der Waals surface area contributed by atoms with E-state index in [-0.39, 0.29) is 6.10 Å². The molecule has 1 N–H and O–H groups in total. The third-order valence-electron chi connectivity index (χ3n) is 3.39. The molecule has 1 aromatic heterocycles. The summed E-state index contributed by atoms with van der Waals surface area (Å²) < 4.78 is 7.68. The minimum atomic E-state index is 0.284. The molecule has 0 saturated carbocycles. The monoisotopic (exact) mass is 281 g/mol. The number of aryl methyl sites for hydroxylation is 1. The fourth-order valence-corrected chi connectivity index (χ4v) is 2.29. The van der Waals surface area contributed by atoms with E-state index in [1.165, 1.54) is 11.3 Å². The summed E-state index contributed by atoms with van der Waals surface area (Å²) in [6, 6.07) is 0. The van der Waals surface area contributed by atoms with E-state index in [1.54, 1.807) is 0 Å². The van der Waals surface area contributed by atoms with Gasteiger partial charge in [-0.3, -0.25) is 4.68 Å². The summed E-state index contributed by atoms with van der Waals surface area (Å²) in [6.07, 6.45) is 1.33. The number of nitrogens with zero attached hydrogens (tertiary/aromatic N) is 2. The molecule has 0 spiro atoms. The molecule has 1 rings (SSSR count). The Bertz CT molecular complexity index is 397. The third kappa shape index (κ3) is 5.63. The van der Waals surface area contributed by atoms with Crippen LogP contribution >= 0.6 is 0 Å². The van der Waals surface area contributed by atoms with Gasteiger partial charge in [0.25, 0.3) is 0 Å². The lowest BCUT2D eigenvalue weighted by atomic mass is 10.1.